The standard InChI is InChI=1S/C11H17NO7/c1-12(8(13)2-3-9(14)15)6-7-19-11(18)5-4-10(16)17/h2-7H2,1H3,(H,14,15)(H,16,17). The third-order valence-corrected chi connectivity index (χ3v) is 2.21. The van der Waals surface area contributed by atoms with Gasteiger partial charge in [0.15, 0.2) is 0 Å². The minimum atomic E-state index is -1.09. The zero-order valence-corrected chi connectivity index (χ0v) is 10.6. The maximum absolute atomic E-state index is 11.4. The Morgan fingerprint density at radius 3 is 2.00 bits per heavy atom. The minimum Gasteiger partial charge on any atom is -0.481 e. The highest BCUT2D eigenvalue weighted by molar-refractivity contribution is 5.80. The van der Waals surface area contributed by atoms with Gasteiger partial charge < -0.3 is 19.8 Å². The maximum Gasteiger partial charge on any atom is 0.306 e. The fraction of sp³-hybridized carbons (Fsp3) is 0.636. The zero-order valence-electron chi connectivity index (χ0n) is 10.6. The number of carbonyl (C=O) groups is 4. The van der Waals surface area contributed by atoms with E-state index in [4.69, 9.17) is 14.9 Å². The Labute approximate surface area is 109 Å². The molecule has 0 spiro atoms. The van der Waals surface area contributed by atoms with E-state index >= 15 is 0 Å². The number of esters is 1. The van der Waals surface area contributed by atoms with Crippen LogP contribution in [0.5, 0.6) is 0 Å². The summed E-state index contributed by atoms with van der Waals surface area (Å²) in [5, 5.41) is 16.8. The van der Waals surface area contributed by atoms with Crippen LogP contribution in [0.1, 0.15) is 25.7 Å². The van der Waals surface area contributed by atoms with Crippen molar-refractivity contribution in [3.63, 3.8) is 0 Å². The van der Waals surface area contributed by atoms with Crippen molar-refractivity contribution < 1.29 is 34.1 Å². The first-order chi connectivity index (χ1) is 8.82. The molecule has 0 atom stereocenters. The molecule has 1 amide bonds. The molecule has 8 heteroatoms. The van der Waals surface area contributed by atoms with E-state index in [0.29, 0.717) is 0 Å². The topological polar surface area (TPSA) is 121 Å². The van der Waals surface area contributed by atoms with Gasteiger partial charge in [-0.3, -0.25) is 19.2 Å². The highest BCUT2D eigenvalue weighted by Crippen LogP contribution is 1.97. The number of hydrogen-bond donors (Lipinski definition) is 2. The van der Waals surface area contributed by atoms with Crippen molar-refractivity contribution in [2.24, 2.45) is 0 Å². The first-order valence-electron chi connectivity index (χ1n) is 5.66. The van der Waals surface area contributed by atoms with Gasteiger partial charge in [-0.25, -0.2) is 0 Å². The van der Waals surface area contributed by atoms with E-state index in [0.717, 1.165) is 0 Å². The lowest BCUT2D eigenvalue weighted by Crippen LogP contribution is -2.31. The Balaban J connectivity index is 3.75. The van der Waals surface area contributed by atoms with Gasteiger partial charge in [0.25, 0.3) is 0 Å². The summed E-state index contributed by atoms with van der Waals surface area (Å²) in [6, 6.07) is 0. The van der Waals surface area contributed by atoms with Crippen LogP contribution >= 0.6 is 0 Å². The van der Waals surface area contributed by atoms with Crippen molar-refractivity contribution in [3.05, 3.63) is 0 Å². The molecule has 0 aromatic heterocycles. The Kier molecular flexibility index (Phi) is 7.90. The van der Waals surface area contributed by atoms with Crippen LogP contribution in [0.25, 0.3) is 0 Å². The number of hydrogen-bond acceptors (Lipinski definition) is 5. The minimum absolute atomic E-state index is 0.0479. The van der Waals surface area contributed by atoms with E-state index in [2.05, 4.69) is 0 Å². The lowest BCUT2D eigenvalue weighted by Gasteiger charge is -2.16. The molecule has 0 fully saturated rings. The van der Waals surface area contributed by atoms with Gasteiger partial charge in [0.05, 0.1) is 25.8 Å². The van der Waals surface area contributed by atoms with Gasteiger partial charge in [-0.1, -0.05) is 0 Å². The largest absolute Gasteiger partial charge is 0.481 e. The monoisotopic (exact) mass is 275 g/mol. The summed E-state index contributed by atoms with van der Waals surface area (Å²) in [4.78, 5) is 44.1. The number of amides is 1. The van der Waals surface area contributed by atoms with Crippen LogP contribution in [0, 0.1) is 0 Å². The van der Waals surface area contributed by atoms with E-state index < -0.39 is 17.9 Å². The molecule has 0 aliphatic heterocycles. The molecular formula is C11H17NO7. The Bertz CT molecular complexity index is 353. The number of nitrogens with zero attached hydrogens (tertiary/aromatic N) is 1. The molecule has 0 bridgehead atoms. The summed E-state index contributed by atoms with van der Waals surface area (Å²) < 4.78 is 4.73. The van der Waals surface area contributed by atoms with Crippen LogP contribution in [-0.4, -0.2) is 59.1 Å². The van der Waals surface area contributed by atoms with Crippen molar-refractivity contribution in [1.29, 1.82) is 0 Å². The fourth-order valence-corrected chi connectivity index (χ4v) is 1.11. The van der Waals surface area contributed by atoms with Crippen molar-refractivity contribution in [1.82, 2.24) is 4.90 Å². The number of ether oxygens (including phenoxy) is 1. The number of carbonyl (C=O) groups excluding carboxylic acids is 2. The van der Waals surface area contributed by atoms with Crippen LogP contribution in [0.15, 0.2) is 0 Å². The van der Waals surface area contributed by atoms with Crippen molar-refractivity contribution >= 4 is 23.8 Å². The molecule has 0 unspecified atom stereocenters. The van der Waals surface area contributed by atoms with Crippen molar-refractivity contribution in [2.75, 3.05) is 20.2 Å². The number of likely N-dealkylation sites (N-methyl/N-ethyl adjacent to an activating group) is 1. The Morgan fingerprint density at radius 1 is 0.947 bits per heavy atom. The van der Waals surface area contributed by atoms with Crippen molar-refractivity contribution in [2.45, 2.75) is 25.7 Å². The predicted molar refractivity (Wildman–Crippen MR) is 62.3 cm³/mol. The molecule has 0 aliphatic carbocycles. The first-order valence-corrected chi connectivity index (χ1v) is 5.66. The van der Waals surface area contributed by atoms with Gasteiger partial charge in [0.2, 0.25) is 5.91 Å². The van der Waals surface area contributed by atoms with Gasteiger partial charge >= 0.3 is 17.9 Å². The molecular weight excluding hydrogens is 258 g/mol. The molecule has 8 nitrogen and oxygen atoms in total. The molecule has 0 rings (SSSR count). The van der Waals surface area contributed by atoms with E-state index in [-0.39, 0.29) is 44.7 Å². The maximum atomic E-state index is 11.4. The molecule has 0 saturated heterocycles. The number of carboxylic acid groups (broad SMARTS) is 2. The SMILES string of the molecule is CN(CCOC(=O)CCC(=O)O)C(=O)CCC(=O)O. The van der Waals surface area contributed by atoms with Gasteiger partial charge in [-0.2, -0.15) is 0 Å². The number of rotatable bonds is 9. The Morgan fingerprint density at radius 2 is 1.47 bits per heavy atom. The summed E-state index contributed by atoms with van der Waals surface area (Å²) in [6.07, 6.45) is -0.876. The van der Waals surface area contributed by atoms with Gasteiger partial charge in [-0.15, -0.1) is 0 Å². The Hall–Kier alpha value is -2.12. The van der Waals surface area contributed by atoms with Crippen molar-refractivity contribution in [3.8, 4) is 0 Å². The van der Waals surface area contributed by atoms with Crippen LogP contribution in [-0.2, 0) is 23.9 Å². The molecule has 0 aromatic carbocycles. The average molecular weight is 275 g/mol. The van der Waals surface area contributed by atoms with Gasteiger partial charge in [-0.05, 0) is 0 Å². The second-order valence-corrected chi connectivity index (χ2v) is 3.82. The van der Waals surface area contributed by atoms with Gasteiger partial charge in [0.1, 0.15) is 6.61 Å². The second kappa shape index (κ2) is 8.90. The van der Waals surface area contributed by atoms with Crippen LogP contribution in [0.4, 0.5) is 0 Å². The highest BCUT2D eigenvalue weighted by Gasteiger charge is 2.12. The predicted octanol–water partition coefficient (Wildman–Crippen LogP) is -0.282. The fourth-order valence-electron chi connectivity index (χ4n) is 1.11. The van der Waals surface area contributed by atoms with E-state index in [1.165, 1.54) is 11.9 Å². The third kappa shape index (κ3) is 9.57. The summed E-state index contributed by atoms with van der Waals surface area (Å²) in [5.41, 5.74) is 0. The number of aliphatic carboxylic acids is 2. The van der Waals surface area contributed by atoms with E-state index in [1.807, 2.05) is 0 Å². The zero-order chi connectivity index (χ0) is 14.8. The first kappa shape index (κ1) is 16.9. The van der Waals surface area contributed by atoms with Crippen LogP contribution in [0.3, 0.4) is 0 Å². The molecule has 0 aromatic rings. The molecule has 0 radical (unpaired) electrons. The van der Waals surface area contributed by atoms with Crippen LogP contribution < -0.4 is 0 Å². The highest BCUT2D eigenvalue weighted by atomic mass is 16.5. The molecule has 0 heterocycles. The third-order valence-electron chi connectivity index (χ3n) is 2.21. The number of carboxylic acids is 2. The molecule has 19 heavy (non-hydrogen) atoms. The molecule has 108 valence electrons. The quantitative estimate of drug-likeness (QED) is 0.555. The molecule has 0 saturated carbocycles. The normalized spacial score (nSPS) is 9.74. The van der Waals surface area contributed by atoms with E-state index in [9.17, 15) is 19.2 Å². The van der Waals surface area contributed by atoms with E-state index in [1.54, 1.807) is 0 Å². The molecule has 2 N–H and O–H groups in total. The van der Waals surface area contributed by atoms with Gasteiger partial charge in [0, 0.05) is 13.5 Å². The summed E-state index contributed by atoms with van der Waals surface area (Å²) in [7, 11) is 1.47. The average Bonchev–Trinajstić information content (AvgIpc) is 2.33. The van der Waals surface area contributed by atoms with Crippen LogP contribution in [0.2, 0.25) is 0 Å². The second-order valence-electron chi connectivity index (χ2n) is 3.82. The summed E-state index contributed by atoms with van der Waals surface area (Å²) in [5.74, 6) is -3.14. The summed E-state index contributed by atoms with van der Waals surface area (Å²) in [6.45, 7) is 0.0883. The molecule has 0 aliphatic rings. The smallest absolute Gasteiger partial charge is 0.306 e. The lowest BCUT2D eigenvalue weighted by atomic mass is 10.3. The lowest BCUT2D eigenvalue weighted by molar-refractivity contribution is -0.148. The summed E-state index contributed by atoms with van der Waals surface area (Å²) >= 11 is 0.